The Morgan fingerprint density at radius 1 is 0.971 bits per heavy atom. The van der Waals surface area contributed by atoms with Gasteiger partial charge in [0.2, 0.25) is 0 Å². The van der Waals surface area contributed by atoms with Gasteiger partial charge in [-0.15, -0.1) is 0 Å². The summed E-state index contributed by atoms with van der Waals surface area (Å²) in [5.41, 5.74) is 3.42. The van der Waals surface area contributed by atoms with Crippen molar-refractivity contribution in [3.63, 3.8) is 0 Å². The van der Waals surface area contributed by atoms with Crippen molar-refractivity contribution in [2.45, 2.75) is 33.6 Å². The van der Waals surface area contributed by atoms with E-state index < -0.39 is 11.7 Å². The second kappa shape index (κ2) is 8.77. The van der Waals surface area contributed by atoms with Gasteiger partial charge in [-0.3, -0.25) is 4.98 Å². The number of ether oxygens (including phenoxy) is 1. The van der Waals surface area contributed by atoms with Crippen LogP contribution in [0.15, 0.2) is 53.5 Å². The molecule has 0 aliphatic carbocycles. The highest BCUT2D eigenvalue weighted by Gasteiger charge is 2.31. The number of tetrazole rings is 1. The summed E-state index contributed by atoms with van der Waals surface area (Å²) in [6.07, 6.45) is -3.29. The maximum absolute atomic E-state index is 13.1. The summed E-state index contributed by atoms with van der Waals surface area (Å²) < 4.78 is 47.8. The van der Waals surface area contributed by atoms with Gasteiger partial charge in [0.25, 0.3) is 0 Å². The molecule has 34 heavy (non-hydrogen) atoms. The highest BCUT2D eigenvalue weighted by atomic mass is 19.4. The first-order valence-electron chi connectivity index (χ1n) is 10.4. The third-order valence-electron chi connectivity index (χ3n) is 5.59. The van der Waals surface area contributed by atoms with Crippen molar-refractivity contribution >= 4 is 0 Å². The quantitative estimate of drug-likeness (QED) is 0.429. The van der Waals surface area contributed by atoms with Gasteiger partial charge in [0, 0.05) is 24.4 Å². The Balaban J connectivity index is 1.65. The first kappa shape index (κ1) is 23.2. The van der Waals surface area contributed by atoms with Crippen molar-refractivity contribution in [3.05, 3.63) is 87.0 Å². The molecule has 0 aliphatic heterocycles. The number of hydrogen-bond donors (Lipinski definition) is 0. The maximum Gasteiger partial charge on any atom is 0.416 e. The number of alkyl halides is 3. The molecule has 0 unspecified atom stereocenters. The highest BCUT2D eigenvalue weighted by Crippen LogP contribution is 2.34. The van der Waals surface area contributed by atoms with E-state index in [1.54, 1.807) is 25.1 Å². The zero-order valence-electron chi connectivity index (χ0n) is 19.0. The smallest absolute Gasteiger partial charge is 0.416 e. The minimum absolute atomic E-state index is 0.159. The summed E-state index contributed by atoms with van der Waals surface area (Å²) in [5, 5.41) is 7.69. The molecule has 2 heterocycles. The van der Waals surface area contributed by atoms with E-state index in [0.717, 1.165) is 45.3 Å². The number of hydrogen-bond acceptors (Lipinski definition) is 5. The van der Waals surface area contributed by atoms with Crippen LogP contribution >= 0.6 is 0 Å². The van der Waals surface area contributed by atoms with Gasteiger partial charge in [0.1, 0.15) is 12.4 Å². The molecule has 0 spiro atoms. The molecule has 0 amide bonds. The van der Waals surface area contributed by atoms with E-state index >= 15 is 0 Å². The topological polar surface area (TPSA) is 74.8 Å². The van der Waals surface area contributed by atoms with Gasteiger partial charge >= 0.3 is 11.9 Å². The molecule has 0 saturated heterocycles. The van der Waals surface area contributed by atoms with E-state index in [1.165, 1.54) is 11.7 Å². The van der Waals surface area contributed by atoms with E-state index in [2.05, 4.69) is 15.4 Å². The molecule has 176 valence electrons. The van der Waals surface area contributed by atoms with Crippen LogP contribution in [0.5, 0.6) is 5.75 Å². The number of benzene rings is 2. The predicted octanol–water partition coefficient (Wildman–Crippen LogP) is 4.55. The Morgan fingerprint density at radius 3 is 2.41 bits per heavy atom. The summed E-state index contributed by atoms with van der Waals surface area (Å²) in [6, 6.07) is 11.0. The average molecular weight is 469 g/mol. The largest absolute Gasteiger partial charge is 0.489 e. The fourth-order valence-electron chi connectivity index (χ4n) is 3.66. The Labute approximate surface area is 193 Å². The van der Waals surface area contributed by atoms with Crippen molar-refractivity contribution in [1.82, 2.24) is 24.8 Å². The van der Waals surface area contributed by atoms with E-state index in [4.69, 9.17) is 4.74 Å². The van der Waals surface area contributed by atoms with Crippen LogP contribution in [-0.4, -0.2) is 24.8 Å². The lowest BCUT2D eigenvalue weighted by atomic mass is 10.00. The van der Waals surface area contributed by atoms with Crippen LogP contribution in [0.1, 0.15) is 27.8 Å². The van der Waals surface area contributed by atoms with Gasteiger partial charge in [0.05, 0.1) is 16.9 Å². The monoisotopic (exact) mass is 469 g/mol. The molecule has 0 aliphatic rings. The van der Waals surface area contributed by atoms with Crippen LogP contribution in [0.25, 0.3) is 16.9 Å². The maximum atomic E-state index is 13.1. The standard InChI is InChI=1S/C24H22F3N5O2/c1-14-6-5-7-21(32-23(33)31(4)29-30-32)19(14)13-34-22-11-15(2)18(10-16(22)3)20-12-17(8-9-28-20)24(25,26)27/h5-12H,13H2,1-4H3. The predicted molar refractivity (Wildman–Crippen MR) is 120 cm³/mol. The molecule has 0 saturated carbocycles. The molecule has 10 heteroatoms. The molecule has 0 fully saturated rings. The molecule has 7 nitrogen and oxygen atoms in total. The number of rotatable bonds is 5. The third kappa shape index (κ3) is 4.43. The second-order valence-corrected chi connectivity index (χ2v) is 8.02. The fourth-order valence-corrected chi connectivity index (χ4v) is 3.66. The molecule has 0 N–H and O–H groups in total. The number of nitrogens with zero attached hydrogens (tertiary/aromatic N) is 5. The lowest BCUT2D eigenvalue weighted by Gasteiger charge is -2.16. The van der Waals surface area contributed by atoms with Crippen LogP contribution in [-0.2, 0) is 19.8 Å². The van der Waals surface area contributed by atoms with Crippen molar-refractivity contribution in [3.8, 4) is 22.7 Å². The summed E-state index contributed by atoms with van der Waals surface area (Å²) in [7, 11) is 1.52. The highest BCUT2D eigenvalue weighted by molar-refractivity contribution is 5.67. The molecule has 2 aromatic carbocycles. The Bertz CT molecular complexity index is 1420. The van der Waals surface area contributed by atoms with Gasteiger partial charge in [-0.25, -0.2) is 4.79 Å². The van der Waals surface area contributed by atoms with Crippen LogP contribution in [0, 0.1) is 20.8 Å². The first-order chi connectivity index (χ1) is 16.1. The molecule has 0 radical (unpaired) electrons. The van der Waals surface area contributed by atoms with Crippen molar-refractivity contribution < 1.29 is 17.9 Å². The summed E-state index contributed by atoms with van der Waals surface area (Å²) in [6.45, 7) is 5.68. The third-order valence-corrected chi connectivity index (χ3v) is 5.59. The normalized spacial score (nSPS) is 11.6. The molecular formula is C24H22F3N5O2. The number of pyridine rings is 1. The van der Waals surface area contributed by atoms with E-state index in [1.807, 2.05) is 26.0 Å². The molecule has 4 rings (SSSR count). The van der Waals surface area contributed by atoms with Crippen LogP contribution in [0.3, 0.4) is 0 Å². The molecule has 0 atom stereocenters. The first-order valence-corrected chi connectivity index (χ1v) is 10.4. The number of aryl methyl sites for hydroxylation is 4. The average Bonchev–Trinajstić information content (AvgIpc) is 3.12. The van der Waals surface area contributed by atoms with Crippen molar-refractivity contribution in [1.29, 1.82) is 0 Å². The van der Waals surface area contributed by atoms with Gasteiger partial charge in [-0.1, -0.05) is 12.1 Å². The number of aromatic nitrogens is 5. The zero-order chi connectivity index (χ0) is 24.6. The molecule has 0 bridgehead atoms. The van der Waals surface area contributed by atoms with E-state index in [-0.39, 0.29) is 18.0 Å². The Kier molecular flexibility index (Phi) is 5.99. The van der Waals surface area contributed by atoms with Crippen molar-refractivity contribution in [2.24, 2.45) is 7.05 Å². The van der Waals surface area contributed by atoms with E-state index in [9.17, 15) is 18.0 Å². The van der Waals surface area contributed by atoms with Crippen LogP contribution in [0.2, 0.25) is 0 Å². The zero-order valence-corrected chi connectivity index (χ0v) is 19.0. The van der Waals surface area contributed by atoms with Crippen LogP contribution < -0.4 is 10.4 Å². The summed E-state index contributed by atoms with van der Waals surface area (Å²) in [5.74, 6) is 0.578. The van der Waals surface area contributed by atoms with Gasteiger partial charge in [0.15, 0.2) is 0 Å². The minimum Gasteiger partial charge on any atom is -0.489 e. The lowest BCUT2D eigenvalue weighted by Crippen LogP contribution is -2.23. The Hall–Kier alpha value is -3.95. The summed E-state index contributed by atoms with van der Waals surface area (Å²) >= 11 is 0. The molecule has 4 aromatic rings. The van der Waals surface area contributed by atoms with Crippen LogP contribution in [0.4, 0.5) is 13.2 Å². The molecular weight excluding hydrogens is 447 g/mol. The van der Waals surface area contributed by atoms with Gasteiger partial charge < -0.3 is 4.74 Å². The number of halogens is 3. The van der Waals surface area contributed by atoms with Gasteiger partial charge in [-0.2, -0.15) is 22.5 Å². The Morgan fingerprint density at radius 2 is 1.74 bits per heavy atom. The lowest BCUT2D eigenvalue weighted by molar-refractivity contribution is -0.137. The second-order valence-electron chi connectivity index (χ2n) is 8.02. The van der Waals surface area contributed by atoms with E-state index in [0.29, 0.717) is 17.0 Å². The molecule has 2 aromatic heterocycles. The fraction of sp³-hybridized carbons (Fsp3) is 0.250. The SMILES string of the molecule is Cc1cc(-c2cc(C(F)(F)F)ccn2)c(C)cc1OCc1c(C)cccc1-n1nnn(C)c1=O. The summed E-state index contributed by atoms with van der Waals surface area (Å²) in [4.78, 5) is 16.5. The van der Waals surface area contributed by atoms with Gasteiger partial charge in [-0.05, 0) is 78.2 Å². The minimum atomic E-state index is -4.44. The van der Waals surface area contributed by atoms with Crippen molar-refractivity contribution in [2.75, 3.05) is 0 Å².